The van der Waals surface area contributed by atoms with Crippen LogP contribution in [0.4, 0.5) is 0 Å². The van der Waals surface area contributed by atoms with Gasteiger partial charge in [0.05, 0.1) is 6.61 Å². The smallest absolute Gasteiger partial charge is 0.0593 e. The predicted octanol–water partition coefficient (Wildman–Crippen LogP) is 1.86. The van der Waals surface area contributed by atoms with Crippen LogP contribution in [0.2, 0.25) is 0 Å². The van der Waals surface area contributed by atoms with E-state index in [-0.39, 0.29) is 5.54 Å². The molecule has 92 valence electrons. The number of nitrogens with two attached hydrogens (primary N) is 1. The molecule has 0 aliphatic rings. The third kappa shape index (κ3) is 4.96. The van der Waals surface area contributed by atoms with Gasteiger partial charge in [-0.2, -0.15) is 0 Å². The molecule has 0 bridgehead atoms. The van der Waals surface area contributed by atoms with Gasteiger partial charge in [-0.15, -0.1) is 0 Å². The SMILES string of the molecule is CCCC(C)(CN)N(CC)CCOCC. The summed E-state index contributed by atoms with van der Waals surface area (Å²) in [7, 11) is 0. The average Bonchev–Trinajstić information content (AvgIpc) is 2.24. The van der Waals surface area contributed by atoms with Crippen molar-refractivity contribution in [1.82, 2.24) is 4.90 Å². The van der Waals surface area contributed by atoms with Crippen LogP contribution in [0, 0.1) is 0 Å². The zero-order valence-electron chi connectivity index (χ0n) is 10.9. The Morgan fingerprint density at radius 2 is 1.93 bits per heavy atom. The zero-order chi connectivity index (χ0) is 11.7. The van der Waals surface area contributed by atoms with Crippen LogP contribution in [0.25, 0.3) is 0 Å². The minimum absolute atomic E-state index is 0.139. The van der Waals surface area contributed by atoms with E-state index in [1.807, 2.05) is 6.92 Å². The van der Waals surface area contributed by atoms with Crippen LogP contribution in [0.3, 0.4) is 0 Å². The van der Waals surface area contributed by atoms with E-state index in [0.29, 0.717) is 0 Å². The van der Waals surface area contributed by atoms with Gasteiger partial charge in [-0.25, -0.2) is 0 Å². The fourth-order valence-corrected chi connectivity index (χ4v) is 2.06. The van der Waals surface area contributed by atoms with Crippen LogP contribution in [0.1, 0.15) is 40.5 Å². The molecule has 0 rings (SSSR count). The third-order valence-corrected chi connectivity index (χ3v) is 3.08. The molecule has 0 aromatic heterocycles. The summed E-state index contributed by atoms with van der Waals surface area (Å²) in [5.41, 5.74) is 6.03. The van der Waals surface area contributed by atoms with E-state index < -0.39 is 0 Å². The van der Waals surface area contributed by atoms with E-state index in [4.69, 9.17) is 10.5 Å². The highest BCUT2D eigenvalue weighted by atomic mass is 16.5. The Morgan fingerprint density at radius 3 is 2.33 bits per heavy atom. The third-order valence-electron chi connectivity index (χ3n) is 3.08. The highest BCUT2D eigenvalue weighted by Gasteiger charge is 2.27. The molecule has 0 saturated carbocycles. The highest BCUT2D eigenvalue weighted by Crippen LogP contribution is 2.19. The molecular weight excluding hydrogens is 188 g/mol. The topological polar surface area (TPSA) is 38.5 Å². The summed E-state index contributed by atoms with van der Waals surface area (Å²) in [4.78, 5) is 2.44. The summed E-state index contributed by atoms with van der Waals surface area (Å²) in [5, 5.41) is 0. The summed E-state index contributed by atoms with van der Waals surface area (Å²) >= 11 is 0. The Morgan fingerprint density at radius 1 is 1.27 bits per heavy atom. The van der Waals surface area contributed by atoms with Crippen molar-refractivity contribution in [3.63, 3.8) is 0 Å². The molecule has 0 aliphatic carbocycles. The summed E-state index contributed by atoms with van der Waals surface area (Å²) < 4.78 is 5.40. The maximum atomic E-state index is 5.89. The molecule has 0 amide bonds. The monoisotopic (exact) mass is 216 g/mol. The first-order valence-corrected chi connectivity index (χ1v) is 6.17. The molecule has 0 fully saturated rings. The first kappa shape index (κ1) is 14.9. The van der Waals surface area contributed by atoms with Crippen LogP contribution >= 0.6 is 0 Å². The fraction of sp³-hybridized carbons (Fsp3) is 1.00. The number of ether oxygens (including phenoxy) is 1. The molecular formula is C12H28N2O. The van der Waals surface area contributed by atoms with Crippen molar-refractivity contribution in [2.75, 3.05) is 32.8 Å². The molecule has 0 radical (unpaired) electrons. The second-order valence-corrected chi connectivity index (χ2v) is 4.23. The van der Waals surface area contributed by atoms with Crippen molar-refractivity contribution in [2.45, 2.75) is 46.1 Å². The lowest BCUT2D eigenvalue weighted by Crippen LogP contribution is -2.52. The molecule has 0 aromatic carbocycles. The lowest BCUT2D eigenvalue weighted by atomic mass is 9.94. The minimum Gasteiger partial charge on any atom is -0.380 e. The van der Waals surface area contributed by atoms with Gasteiger partial charge in [0.2, 0.25) is 0 Å². The number of likely N-dealkylation sites (N-methyl/N-ethyl adjacent to an activating group) is 1. The maximum Gasteiger partial charge on any atom is 0.0593 e. The Bertz CT molecular complexity index is 153. The van der Waals surface area contributed by atoms with E-state index in [1.54, 1.807) is 0 Å². The first-order valence-electron chi connectivity index (χ1n) is 6.17. The fourth-order valence-electron chi connectivity index (χ4n) is 2.06. The quantitative estimate of drug-likeness (QED) is 0.598. The van der Waals surface area contributed by atoms with Crippen LogP contribution in [-0.2, 0) is 4.74 Å². The Hall–Kier alpha value is -0.120. The standard InChI is InChI=1S/C12H28N2O/c1-5-8-12(4,11-13)14(6-2)9-10-15-7-3/h5-11,13H2,1-4H3. The largest absolute Gasteiger partial charge is 0.380 e. The number of nitrogens with zero attached hydrogens (tertiary/aromatic N) is 1. The van der Waals surface area contributed by atoms with Gasteiger partial charge in [0.25, 0.3) is 0 Å². The number of rotatable bonds is 9. The number of hydrogen-bond donors (Lipinski definition) is 1. The second kappa shape index (κ2) is 8.08. The van der Waals surface area contributed by atoms with Crippen molar-refractivity contribution in [3.8, 4) is 0 Å². The van der Waals surface area contributed by atoms with E-state index in [0.717, 1.165) is 39.3 Å². The molecule has 3 heteroatoms. The minimum atomic E-state index is 0.139. The van der Waals surface area contributed by atoms with Crippen molar-refractivity contribution < 1.29 is 4.74 Å². The average molecular weight is 216 g/mol. The number of hydrogen-bond acceptors (Lipinski definition) is 3. The molecule has 2 N–H and O–H groups in total. The normalized spacial score (nSPS) is 15.6. The van der Waals surface area contributed by atoms with Crippen LogP contribution < -0.4 is 5.73 Å². The Kier molecular flexibility index (Phi) is 8.02. The second-order valence-electron chi connectivity index (χ2n) is 4.23. The molecule has 0 aliphatic heterocycles. The summed E-state index contributed by atoms with van der Waals surface area (Å²) in [6.45, 7) is 13.0. The molecule has 0 saturated heterocycles. The van der Waals surface area contributed by atoms with Crippen molar-refractivity contribution >= 4 is 0 Å². The van der Waals surface area contributed by atoms with E-state index in [2.05, 4.69) is 25.7 Å². The first-order chi connectivity index (χ1) is 7.14. The van der Waals surface area contributed by atoms with Gasteiger partial charge in [-0.3, -0.25) is 4.90 Å². The van der Waals surface area contributed by atoms with Crippen molar-refractivity contribution in [3.05, 3.63) is 0 Å². The maximum absolute atomic E-state index is 5.89. The van der Waals surface area contributed by atoms with Crippen LogP contribution in [0.5, 0.6) is 0 Å². The predicted molar refractivity (Wildman–Crippen MR) is 66.1 cm³/mol. The Labute approximate surface area is 95.0 Å². The molecule has 0 aromatic rings. The summed E-state index contributed by atoms with van der Waals surface area (Å²) in [6.07, 6.45) is 2.34. The van der Waals surface area contributed by atoms with E-state index >= 15 is 0 Å². The van der Waals surface area contributed by atoms with Gasteiger partial charge in [0.15, 0.2) is 0 Å². The van der Waals surface area contributed by atoms with E-state index in [9.17, 15) is 0 Å². The zero-order valence-corrected chi connectivity index (χ0v) is 10.9. The van der Waals surface area contributed by atoms with E-state index in [1.165, 1.54) is 6.42 Å². The van der Waals surface area contributed by atoms with Gasteiger partial charge in [-0.1, -0.05) is 20.3 Å². The van der Waals surface area contributed by atoms with Crippen molar-refractivity contribution in [1.29, 1.82) is 0 Å². The van der Waals surface area contributed by atoms with Gasteiger partial charge in [0.1, 0.15) is 0 Å². The molecule has 1 atom stereocenters. The molecule has 3 nitrogen and oxygen atoms in total. The van der Waals surface area contributed by atoms with Gasteiger partial charge in [-0.05, 0) is 26.8 Å². The van der Waals surface area contributed by atoms with Crippen LogP contribution in [0.15, 0.2) is 0 Å². The highest BCUT2D eigenvalue weighted by molar-refractivity contribution is 4.86. The summed E-state index contributed by atoms with van der Waals surface area (Å²) in [6, 6.07) is 0. The molecule has 0 spiro atoms. The lowest BCUT2D eigenvalue weighted by molar-refractivity contribution is 0.0560. The van der Waals surface area contributed by atoms with Gasteiger partial charge in [0, 0.05) is 25.2 Å². The van der Waals surface area contributed by atoms with Crippen molar-refractivity contribution in [2.24, 2.45) is 5.73 Å². The molecule has 1 unspecified atom stereocenters. The molecule has 15 heavy (non-hydrogen) atoms. The lowest BCUT2D eigenvalue weighted by Gasteiger charge is -2.40. The van der Waals surface area contributed by atoms with Crippen LogP contribution in [-0.4, -0.2) is 43.3 Å². The summed E-state index contributed by atoms with van der Waals surface area (Å²) in [5.74, 6) is 0. The van der Waals surface area contributed by atoms with Gasteiger partial charge < -0.3 is 10.5 Å². The van der Waals surface area contributed by atoms with Gasteiger partial charge >= 0.3 is 0 Å². The Balaban J connectivity index is 4.19. The molecule has 0 heterocycles.